The molecule has 2 rings (SSSR count). The number of hydrogen-bond acceptors (Lipinski definition) is 4. The van der Waals surface area contributed by atoms with Crippen molar-refractivity contribution in [2.45, 2.75) is 57.7 Å². The number of likely N-dealkylation sites (N-methyl/N-ethyl adjacent to an activating group) is 1. The van der Waals surface area contributed by atoms with Gasteiger partial charge in [0.2, 0.25) is 5.91 Å². The standard InChI is InChI=1S/C14H23N3OS/c1-3-13(14(18)16-11-6-4-5-7-11)17(2)8-12-9-19-10-15-12/h9-11,13H,3-8H2,1-2H3,(H,16,18)/t13-/m0/s1. The molecule has 0 radical (unpaired) electrons. The quantitative estimate of drug-likeness (QED) is 0.871. The predicted octanol–water partition coefficient (Wildman–Crippen LogP) is 2.41. The molecule has 1 saturated carbocycles. The molecule has 19 heavy (non-hydrogen) atoms. The SMILES string of the molecule is CC[C@@H](C(=O)NC1CCCC1)N(C)Cc1cscn1. The maximum absolute atomic E-state index is 12.3. The van der Waals surface area contributed by atoms with Gasteiger partial charge in [0.15, 0.2) is 0 Å². The Hall–Kier alpha value is -0.940. The molecule has 4 nitrogen and oxygen atoms in total. The van der Waals surface area contributed by atoms with Crippen LogP contribution < -0.4 is 5.32 Å². The van der Waals surface area contributed by atoms with Gasteiger partial charge in [-0.3, -0.25) is 9.69 Å². The highest BCUT2D eigenvalue weighted by atomic mass is 32.1. The Labute approximate surface area is 119 Å². The molecule has 1 amide bonds. The number of carbonyl (C=O) groups excluding carboxylic acids is 1. The van der Waals surface area contributed by atoms with E-state index in [9.17, 15) is 4.79 Å². The maximum atomic E-state index is 12.3. The van der Waals surface area contributed by atoms with Crippen molar-refractivity contribution in [3.63, 3.8) is 0 Å². The molecule has 1 aliphatic carbocycles. The summed E-state index contributed by atoms with van der Waals surface area (Å²) in [6, 6.07) is 0.344. The molecule has 5 heteroatoms. The van der Waals surface area contributed by atoms with Gasteiger partial charge in [-0.2, -0.15) is 0 Å². The Kier molecular flexibility index (Phi) is 5.34. The minimum atomic E-state index is -0.0534. The van der Waals surface area contributed by atoms with Crippen LogP contribution in [0.15, 0.2) is 10.9 Å². The van der Waals surface area contributed by atoms with Crippen molar-refractivity contribution < 1.29 is 4.79 Å². The number of amides is 1. The summed E-state index contributed by atoms with van der Waals surface area (Å²) in [5, 5.41) is 5.23. The molecule has 0 unspecified atom stereocenters. The average molecular weight is 281 g/mol. The lowest BCUT2D eigenvalue weighted by molar-refractivity contribution is -0.127. The Bertz CT molecular complexity index is 387. The summed E-state index contributed by atoms with van der Waals surface area (Å²) < 4.78 is 0. The van der Waals surface area contributed by atoms with Crippen LogP contribution in [0.2, 0.25) is 0 Å². The van der Waals surface area contributed by atoms with E-state index in [1.165, 1.54) is 12.8 Å². The number of thiazole rings is 1. The van der Waals surface area contributed by atoms with Crippen LogP contribution in [0.25, 0.3) is 0 Å². The third-order valence-electron chi connectivity index (χ3n) is 3.82. The molecule has 1 aromatic rings. The number of nitrogens with zero attached hydrogens (tertiary/aromatic N) is 2. The van der Waals surface area contributed by atoms with Gasteiger partial charge in [-0.05, 0) is 26.3 Å². The van der Waals surface area contributed by atoms with E-state index in [4.69, 9.17) is 0 Å². The first kappa shape index (κ1) is 14.5. The molecule has 1 aromatic heterocycles. The lowest BCUT2D eigenvalue weighted by Gasteiger charge is -2.27. The predicted molar refractivity (Wildman–Crippen MR) is 78.1 cm³/mol. The van der Waals surface area contributed by atoms with Gasteiger partial charge in [0.1, 0.15) is 0 Å². The van der Waals surface area contributed by atoms with Gasteiger partial charge < -0.3 is 5.32 Å². The molecule has 1 atom stereocenters. The third-order valence-corrected chi connectivity index (χ3v) is 4.45. The van der Waals surface area contributed by atoms with Crippen molar-refractivity contribution in [2.75, 3.05) is 7.05 Å². The lowest BCUT2D eigenvalue weighted by Crippen LogP contribution is -2.47. The number of rotatable bonds is 6. The van der Waals surface area contributed by atoms with E-state index in [0.717, 1.165) is 31.5 Å². The summed E-state index contributed by atoms with van der Waals surface area (Å²) in [5.74, 6) is 0.173. The highest BCUT2D eigenvalue weighted by Crippen LogP contribution is 2.18. The monoisotopic (exact) mass is 281 g/mol. The first-order valence-electron chi connectivity index (χ1n) is 7.08. The smallest absolute Gasteiger partial charge is 0.237 e. The Balaban J connectivity index is 1.88. The second-order valence-electron chi connectivity index (χ2n) is 5.31. The number of carbonyl (C=O) groups is 1. The van der Waals surface area contributed by atoms with Crippen LogP contribution in [0.3, 0.4) is 0 Å². The van der Waals surface area contributed by atoms with Crippen LogP contribution in [0.4, 0.5) is 0 Å². The molecule has 1 fully saturated rings. The van der Waals surface area contributed by atoms with Gasteiger partial charge in [-0.1, -0.05) is 19.8 Å². The zero-order valence-corrected chi connectivity index (χ0v) is 12.6. The largest absolute Gasteiger partial charge is 0.352 e. The van der Waals surface area contributed by atoms with Gasteiger partial charge in [-0.15, -0.1) is 11.3 Å². The van der Waals surface area contributed by atoms with Gasteiger partial charge in [0, 0.05) is 18.0 Å². The van der Waals surface area contributed by atoms with Crippen LogP contribution >= 0.6 is 11.3 Å². The van der Waals surface area contributed by atoms with E-state index in [-0.39, 0.29) is 11.9 Å². The summed E-state index contributed by atoms with van der Waals surface area (Å²) in [6.07, 6.45) is 5.60. The summed E-state index contributed by atoms with van der Waals surface area (Å²) in [6.45, 7) is 2.80. The molecule has 0 spiro atoms. The highest BCUT2D eigenvalue weighted by molar-refractivity contribution is 7.07. The Morgan fingerprint density at radius 1 is 1.58 bits per heavy atom. The number of nitrogens with one attached hydrogen (secondary N) is 1. The zero-order chi connectivity index (χ0) is 13.7. The minimum absolute atomic E-state index is 0.0534. The normalized spacial score (nSPS) is 17.8. The maximum Gasteiger partial charge on any atom is 0.237 e. The second-order valence-corrected chi connectivity index (χ2v) is 6.03. The van der Waals surface area contributed by atoms with Gasteiger partial charge in [-0.25, -0.2) is 4.98 Å². The molecule has 0 aliphatic heterocycles. The summed E-state index contributed by atoms with van der Waals surface area (Å²) in [4.78, 5) is 18.7. The van der Waals surface area contributed by atoms with E-state index in [1.807, 2.05) is 17.9 Å². The number of hydrogen-bond donors (Lipinski definition) is 1. The van der Waals surface area contributed by atoms with Crippen LogP contribution in [0.5, 0.6) is 0 Å². The molecular formula is C14H23N3OS. The van der Waals surface area contributed by atoms with E-state index in [1.54, 1.807) is 11.3 Å². The van der Waals surface area contributed by atoms with Crippen molar-refractivity contribution in [1.29, 1.82) is 0 Å². The molecule has 106 valence electrons. The van der Waals surface area contributed by atoms with Gasteiger partial charge >= 0.3 is 0 Å². The fourth-order valence-corrected chi connectivity index (χ4v) is 3.30. The van der Waals surface area contributed by atoms with E-state index >= 15 is 0 Å². The second kappa shape index (κ2) is 7.01. The fraction of sp³-hybridized carbons (Fsp3) is 0.714. The molecule has 0 aromatic carbocycles. The molecule has 1 aliphatic rings. The Morgan fingerprint density at radius 3 is 2.89 bits per heavy atom. The van der Waals surface area contributed by atoms with Gasteiger partial charge in [0.05, 0.1) is 17.2 Å². The van der Waals surface area contributed by atoms with Crippen LogP contribution in [0, 0.1) is 0 Å². The van der Waals surface area contributed by atoms with E-state index < -0.39 is 0 Å². The van der Waals surface area contributed by atoms with E-state index in [0.29, 0.717) is 6.04 Å². The van der Waals surface area contributed by atoms with E-state index in [2.05, 4.69) is 22.1 Å². The van der Waals surface area contributed by atoms with Crippen LogP contribution in [0.1, 0.15) is 44.7 Å². The first-order valence-corrected chi connectivity index (χ1v) is 8.02. The summed E-state index contributed by atoms with van der Waals surface area (Å²) in [7, 11) is 2.00. The zero-order valence-electron chi connectivity index (χ0n) is 11.8. The molecule has 0 saturated heterocycles. The third kappa shape index (κ3) is 4.01. The topological polar surface area (TPSA) is 45.2 Å². The first-order chi connectivity index (χ1) is 9.20. The average Bonchev–Trinajstić information content (AvgIpc) is 3.03. The van der Waals surface area contributed by atoms with Crippen molar-refractivity contribution >= 4 is 17.2 Å². The van der Waals surface area contributed by atoms with Crippen molar-refractivity contribution in [3.8, 4) is 0 Å². The molecular weight excluding hydrogens is 258 g/mol. The highest BCUT2D eigenvalue weighted by Gasteiger charge is 2.25. The lowest BCUT2D eigenvalue weighted by atomic mass is 10.1. The minimum Gasteiger partial charge on any atom is -0.352 e. The van der Waals surface area contributed by atoms with Gasteiger partial charge in [0.25, 0.3) is 0 Å². The fourth-order valence-electron chi connectivity index (χ4n) is 2.75. The van der Waals surface area contributed by atoms with Crippen molar-refractivity contribution in [1.82, 2.24) is 15.2 Å². The van der Waals surface area contributed by atoms with Crippen molar-refractivity contribution in [3.05, 3.63) is 16.6 Å². The molecule has 0 bridgehead atoms. The number of aromatic nitrogens is 1. The van der Waals surface area contributed by atoms with Crippen molar-refractivity contribution in [2.24, 2.45) is 0 Å². The van der Waals surface area contributed by atoms with Crippen LogP contribution in [-0.2, 0) is 11.3 Å². The summed E-state index contributed by atoms with van der Waals surface area (Å²) in [5.41, 5.74) is 2.88. The molecule has 1 heterocycles. The molecule has 1 N–H and O–H groups in total. The Morgan fingerprint density at radius 2 is 2.32 bits per heavy atom. The summed E-state index contributed by atoms with van der Waals surface area (Å²) >= 11 is 1.60. The van der Waals surface area contributed by atoms with Crippen LogP contribution in [-0.4, -0.2) is 34.9 Å².